The fourth-order valence-corrected chi connectivity index (χ4v) is 8.25. The first-order chi connectivity index (χ1) is 23.2. The van der Waals surface area contributed by atoms with Gasteiger partial charge in [0.2, 0.25) is 0 Å². The van der Waals surface area contributed by atoms with Crippen LogP contribution >= 0.6 is 0 Å². The van der Waals surface area contributed by atoms with E-state index >= 15 is 0 Å². The van der Waals surface area contributed by atoms with Crippen molar-refractivity contribution in [2.24, 2.45) is 0 Å². The Morgan fingerprint density at radius 2 is 0.820 bits per heavy atom. The quantitative estimate of drug-likeness (QED) is 0.317. The lowest BCUT2D eigenvalue weighted by Gasteiger charge is -2.37. The van der Waals surface area contributed by atoms with Crippen LogP contribution in [0.2, 0.25) is 0 Å². The van der Waals surface area contributed by atoms with Gasteiger partial charge in [-0.3, -0.25) is 0 Å². The summed E-state index contributed by atoms with van der Waals surface area (Å²) < 4.78 is 68.3. The minimum Gasteiger partial charge on any atom is -0.393 e. The van der Waals surface area contributed by atoms with Crippen LogP contribution in [0.25, 0.3) is 0 Å². The summed E-state index contributed by atoms with van der Waals surface area (Å²) in [7, 11) is 4.82. The zero-order valence-electron chi connectivity index (χ0n) is 32.4. The van der Waals surface area contributed by atoms with E-state index in [1.54, 1.807) is 35.2 Å². The maximum atomic E-state index is 9.97. The lowest BCUT2D eigenvalue weighted by Crippen LogP contribution is -2.52. The minimum absolute atomic E-state index is 0.0951. The lowest BCUT2D eigenvalue weighted by atomic mass is 9.87. The molecule has 0 aromatic carbocycles. The van der Waals surface area contributed by atoms with Gasteiger partial charge >= 0.3 is 0 Å². The van der Waals surface area contributed by atoms with Gasteiger partial charge in [0.15, 0.2) is 36.2 Å². The molecule has 0 bridgehead atoms. The Balaban J connectivity index is 0.000000169. The molecule has 6 fully saturated rings. The van der Waals surface area contributed by atoms with Gasteiger partial charge in [-0.25, -0.2) is 0 Å². The monoisotopic (exact) mass is 724 g/mol. The third-order valence-electron chi connectivity index (χ3n) is 10.8. The largest absolute Gasteiger partial charge is 0.393 e. The molecule has 15 heteroatoms. The minimum atomic E-state index is -0.749. The number of hydrogen-bond donors (Lipinski definition) is 3. The first-order valence-corrected chi connectivity index (χ1v) is 17.9. The summed E-state index contributed by atoms with van der Waals surface area (Å²) in [4.78, 5) is 0. The van der Waals surface area contributed by atoms with Crippen LogP contribution in [0.3, 0.4) is 0 Å². The molecule has 50 heavy (non-hydrogen) atoms. The van der Waals surface area contributed by atoms with Crippen molar-refractivity contribution in [3.8, 4) is 0 Å². The molecule has 6 saturated heterocycles. The van der Waals surface area contributed by atoms with E-state index in [2.05, 4.69) is 0 Å². The van der Waals surface area contributed by atoms with Crippen molar-refractivity contribution in [2.45, 2.75) is 197 Å². The Bertz CT molecular complexity index is 1050. The van der Waals surface area contributed by atoms with Crippen molar-refractivity contribution in [3.63, 3.8) is 0 Å². The molecule has 0 aromatic heterocycles. The predicted molar refractivity (Wildman–Crippen MR) is 177 cm³/mol. The van der Waals surface area contributed by atoms with Crippen molar-refractivity contribution in [3.05, 3.63) is 0 Å². The molecule has 0 aromatic rings. The van der Waals surface area contributed by atoms with Crippen molar-refractivity contribution < 1.29 is 72.2 Å². The average molecular weight is 725 g/mol. The van der Waals surface area contributed by atoms with Gasteiger partial charge in [-0.1, -0.05) is 20.8 Å². The third kappa shape index (κ3) is 7.53. The summed E-state index contributed by atoms with van der Waals surface area (Å²) in [6, 6.07) is 0. The van der Waals surface area contributed by atoms with Gasteiger partial charge < -0.3 is 72.2 Å². The maximum Gasteiger partial charge on any atom is 0.190 e. The molecule has 0 spiro atoms. The van der Waals surface area contributed by atoms with E-state index in [1.165, 1.54) is 0 Å². The number of aliphatic hydroxyl groups is 3. The number of ether oxygens (including phenoxy) is 12. The first-order valence-electron chi connectivity index (χ1n) is 17.9. The van der Waals surface area contributed by atoms with Gasteiger partial charge in [-0.2, -0.15) is 0 Å². The fraction of sp³-hybridized carbons (Fsp3) is 1.00. The van der Waals surface area contributed by atoms with Crippen LogP contribution in [0.4, 0.5) is 0 Å². The topological polar surface area (TPSA) is 171 Å². The molecule has 0 radical (unpaired) electrons. The highest BCUT2D eigenvalue weighted by Gasteiger charge is 2.65. The van der Waals surface area contributed by atoms with E-state index in [9.17, 15) is 15.3 Å². The standard InChI is InChI=1S/2C12H22O5.C11H20O5/c2*1-6-12(7(2)13)9(14-5)8-10(17-12)16-11(3,4)15-8;1-5-11(6-12)8(13-4)7-9(16-11)15-10(2,3)14-7/h2*7-10,13H,6H2,1-5H3;7-9,12H,5-6H2,1-4H3/t7-,8+,9-,10-,12-;7-,8-,9+,10+,12+;7-,8+,9+,11+/m011/s1. The van der Waals surface area contributed by atoms with Crippen LogP contribution in [-0.2, 0) is 56.8 Å². The molecule has 0 unspecified atom stereocenters. The molecule has 6 heterocycles. The van der Waals surface area contributed by atoms with Crippen molar-refractivity contribution in [1.82, 2.24) is 0 Å². The Kier molecular flexibility index (Phi) is 12.9. The lowest BCUT2D eigenvalue weighted by molar-refractivity contribution is -0.259. The number of hydrogen-bond acceptors (Lipinski definition) is 15. The number of fused-ring (bicyclic) bond motifs is 3. The highest BCUT2D eigenvalue weighted by Crippen LogP contribution is 2.48. The summed E-state index contributed by atoms with van der Waals surface area (Å²) in [6.07, 6.45) is -2.51. The molecular formula is C35H64O15. The zero-order chi connectivity index (χ0) is 37.7. The van der Waals surface area contributed by atoms with Crippen molar-refractivity contribution in [2.75, 3.05) is 27.9 Å². The summed E-state index contributed by atoms with van der Waals surface area (Å²) in [6.45, 7) is 20.3. The van der Waals surface area contributed by atoms with Crippen LogP contribution in [0, 0.1) is 0 Å². The van der Waals surface area contributed by atoms with Crippen LogP contribution in [0.5, 0.6) is 0 Å². The molecule has 294 valence electrons. The van der Waals surface area contributed by atoms with Crippen LogP contribution in [0.15, 0.2) is 0 Å². The third-order valence-corrected chi connectivity index (χ3v) is 10.8. The second-order valence-corrected chi connectivity index (χ2v) is 15.3. The Morgan fingerprint density at radius 1 is 0.500 bits per heavy atom. The molecule has 0 aliphatic carbocycles. The molecule has 15 nitrogen and oxygen atoms in total. The fourth-order valence-electron chi connectivity index (χ4n) is 8.25. The molecule has 6 aliphatic rings. The SMILES string of the molecule is CC[C@@]1(CO)O[C@@H]2OC(C)(C)O[C@@H]2[C@@H]1OC.CC[C@@]1([C@@H](C)O)O[C@@H]2OC(C)(C)O[C@@H]2[C@@H]1OC.CC[C@@]1([C@H](C)O)O[C@@H]2OC(C)(C)O[C@@H]2[C@@H]1OC. The molecule has 0 saturated carbocycles. The highest BCUT2D eigenvalue weighted by molar-refractivity contribution is 5.07. The summed E-state index contributed by atoms with van der Waals surface area (Å²) in [5.41, 5.74) is -2.21. The summed E-state index contributed by atoms with van der Waals surface area (Å²) >= 11 is 0. The number of methoxy groups -OCH3 is 3. The molecule has 3 N–H and O–H groups in total. The van der Waals surface area contributed by atoms with E-state index in [0.29, 0.717) is 19.3 Å². The molecule has 6 rings (SSSR count). The Labute approximate surface area is 297 Å². The summed E-state index contributed by atoms with van der Waals surface area (Å²) in [5.74, 6) is -1.98. The maximum absolute atomic E-state index is 9.97. The van der Waals surface area contributed by atoms with E-state index in [0.717, 1.165) is 0 Å². The van der Waals surface area contributed by atoms with Crippen molar-refractivity contribution in [1.29, 1.82) is 0 Å². The van der Waals surface area contributed by atoms with Crippen LogP contribution in [0.1, 0.15) is 95.4 Å². The van der Waals surface area contributed by atoms with E-state index < -0.39 is 65.2 Å². The van der Waals surface area contributed by atoms with E-state index in [4.69, 9.17) is 56.8 Å². The van der Waals surface area contributed by atoms with Gasteiger partial charge in [-0.15, -0.1) is 0 Å². The first kappa shape index (κ1) is 42.1. The van der Waals surface area contributed by atoms with E-state index in [-0.39, 0.29) is 43.2 Å². The van der Waals surface area contributed by atoms with Gasteiger partial charge in [0.05, 0.1) is 18.8 Å². The van der Waals surface area contributed by atoms with Crippen LogP contribution in [-0.4, -0.2) is 145 Å². The Hall–Kier alpha value is -0.600. The Morgan fingerprint density at radius 3 is 1.08 bits per heavy atom. The van der Waals surface area contributed by atoms with Gasteiger partial charge in [0, 0.05) is 21.3 Å². The normalized spacial score (nSPS) is 45.9. The molecule has 6 aliphatic heterocycles. The second-order valence-electron chi connectivity index (χ2n) is 15.3. The highest BCUT2D eigenvalue weighted by atomic mass is 16.9. The van der Waals surface area contributed by atoms with Gasteiger partial charge in [0.25, 0.3) is 0 Å². The number of aliphatic hydroxyl groups excluding tert-OH is 3. The number of rotatable bonds is 9. The van der Waals surface area contributed by atoms with Gasteiger partial charge in [0.1, 0.15) is 53.4 Å². The smallest absolute Gasteiger partial charge is 0.190 e. The zero-order valence-corrected chi connectivity index (χ0v) is 32.4. The second kappa shape index (κ2) is 15.3. The predicted octanol–water partition coefficient (Wildman–Crippen LogP) is 2.73. The van der Waals surface area contributed by atoms with Crippen molar-refractivity contribution >= 4 is 0 Å². The average Bonchev–Trinajstić information content (AvgIpc) is 3.81. The summed E-state index contributed by atoms with van der Waals surface area (Å²) in [5, 5.41) is 29.4. The molecule has 0 amide bonds. The van der Waals surface area contributed by atoms with Gasteiger partial charge in [-0.05, 0) is 74.7 Å². The van der Waals surface area contributed by atoms with Crippen LogP contribution < -0.4 is 0 Å². The van der Waals surface area contributed by atoms with E-state index in [1.807, 2.05) is 62.3 Å². The molecular weight excluding hydrogens is 660 g/mol. The molecule has 14 atom stereocenters.